The molecule has 0 spiro atoms. The lowest BCUT2D eigenvalue weighted by atomic mass is 10.1. The molecule has 0 aliphatic carbocycles. The maximum Gasteiger partial charge on any atom is 0.226 e. The van der Waals surface area contributed by atoms with Crippen molar-refractivity contribution in [1.82, 2.24) is 0 Å². The number of amides is 2. The topological polar surface area (TPSA) is 92.7 Å². The van der Waals surface area contributed by atoms with Gasteiger partial charge in [-0.3, -0.25) is 9.59 Å². The number of carbonyl (C=O) groups is 2. The molecule has 4 N–H and O–H groups in total. The van der Waals surface area contributed by atoms with Gasteiger partial charge in [-0.15, -0.1) is 0 Å². The molecule has 0 saturated heterocycles. The molecule has 0 heterocycles. The highest BCUT2D eigenvalue weighted by molar-refractivity contribution is 5.94. The maximum absolute atomic E-state index is 13.3. The first-order valence-electron chi connectivity index (χ1n) is 15.8. The summed E-state index contributed by atoms with van der Waals surface area (Å²) in [5.41, 5.74) is 15.0. The molecule has 0 aliphatic rings. The van der Waals surface area contributed by atoms with Crippen LogP contribution in [0.3, 0.4) is 0 Å². The van der Waals surface area contributed by atoms with Gasteiger partial charge in [0, 0.05) is 48.7 Å². The van der Waals surface area contributed by atoms with Crippen LogP contribution in [-0.4, -0.2) is 24.9 Å². The average molecular weight is 551 g/mol. The fourth-order valence-corrected chi connectivity index (χ4v) is 5.03. The third kappa shape index (κ3) is 12.9. The molecule has 0 aromatic heterocycles. The standard InChI is InChI=1S/C34H54N4O2/c1-3-5-7-9-11-15-27-37(31-23-19-29(35)20-24-31)33(39)17-13-14-18-34(40)38(28-16-12-10-8-6-4-2)32-25-21-30(36)22-26-32/h19-26H,3-18,27-28,35-36H2,1-2H3. The molecule has 0 unspecified atom stereocenters. The number of benzene rings is 2. The summed E-state index contributed by atoms with van der Waals surface area (Å²) in [5.74, 6) is 0.237. The van der Waals surface area contributed by atoms with Gasteiger partial charge in [-0.1, -0.05) is 78.1 Å². The van der Waals surface area contributed by atoms with Gasteiger partial charge in [-0.05, 0) is 74.2 Å². The Morgan fingerprint density at radius 3 is 1.18 bits per heavy atom. The zero-order valence-corrected chi connectivity index (χ0v) is 25.2. The Balaban J connectivity index is 1.88. The number of unbranched alkanes of at least 4 members (excludes halogenated alkanes) is 11. The van der Waals surface area contributed by atoms with Crippen LogP contribution in [0.1, 0.15) is 117 Å². The summed E-state index contributed by atoms with van der Waals surface area (Å²) in [7, 11) is 0. The van der Waals surface area contributed by atoms with Crippen molar-refractivity contribution in [3.63, 3.8) is 0 Å². The SMILES string of the molecule is CCCCCCCCN(C(=O)CCCCC(=O)N(CCCCCCCC)c1ccc(N)cc1)c1ccc(N)cc1. The first-order chi connectivity index (χ1) is 19.5. The van der Waals surface area contributed by atoms with Crippen molar-refractivity contribution in [1.29, 1.82) is 0 Å². The predicted octanol–water partition coefficient (Wildman–Crippen LogP) is 8.50. The highest BCUT2D eigenvalue weighted by atomic mass is 16.2. The quantitative estimate of drug-likeness (QED) is 0.120. The Bertz CT molecular complexity index is 879. The van der Waals surface area contributed by atoms with Crippen LogP contribution in [0, 0.1) is 0 Å². The lowest BCUT2D eigenvalue weighted by Crippen LogP contribution is -2.32. The molecule has 40 heavy (non-hydrogen) atoms. The molecular formula is C34H54N4O2. The molecular weight excluding hydrogens is 496 g/mol. The van der Waals surface area contributed by atoms with E-state index in [0.29, 0.717) is 37.1 Å². The van der Waals surface area contributed by atoms with E-state index in [1.54, 1.807) is 0 Å². The molecule has 0 aliphatic heterocycles. The Labute approximate surface area is 243 Å². The van der Waals surface area contributed by atoms with Crippen molar-refractivity contribution < 1.29 is 9.59 Å². The Morgan fingerprint density at radius 1 is 0.500 bits per heavy atom. The molecule has 0 atom stereocenters. The first kappa shape index (κ1) is 33.2. The van der Waals surface area contributed by atoms with Gasteiger partial charge in [0.05, 0.1) is 0 Å². The normalized spacial score (nSPS) is 10.9. The van der Waals surface area contributed by atoms with Crippen LogP contribution < -0.4 is 21.3 Å². The fourth-order valence-electron chi connectivity index (χ4n) is 5.03. The minimum atomic E-state index is 0.119. The van der Waals surface area contributed by atoms with Gasteiger partial charge in [0.25, 0.3) is 0 Å². The van der Waals surface area contributed by atoms with Gasteiger partial charge >= 0.3 is 0 Å². The lowest BCUT2D eigenvalue weighted by Gasteiger charge is -2.24. The van der Waals surface area contributed by atoms with E-state index >= 15 is 0 Å². The Hall–Kier alpha value is -3.02. The summed E-state index contributed by atoms with van der Waals surface area (Å²) in [6.45, 7) is 5.88. The molecule has 2 aromatic carbocycles. The zero-order valence-electron chi connectivity index (χ0n) is 25.2. The van der Waals surface area contributed by atoms with E-state index in [9.17, 15) is 9.59 Å². The predicted molar refractivity (Wildman–Crippen MR) is 172 cm³/mol. The number of hydrogen-bond acceptors (Lipinski definition) is 4. The minimum absolute atomic E-state index is 0.119. The van der Waals surface area contributed by atoms with Gasteiger partial charge in [0.1, 0.15) is 0 Å². The number of hydrogen-bond donors (Lipinski definition) is 2. The number of carbonyl (C=O) groups excluding carboxylic acids is 2. The summed E-state index contributed by atoms with van der Waals surface area (Å²) in [4.78, 5) is 30.3. The smallest absolute Gasteiger partial charge is 0.226 e. The molecule has 0 radical (unpaired) electrons. The Morgan fingerprint density at radius 2 is 0.825 bits per heavy atom. The molecule has 0 bridgehead atoms. The summed E-state index contributed by atoms with van der Waals surface area (Å²) < 4.78 is 0. The summed E-state index contributed by atoms with van der Waals surface area (Å²) in [5, 5.41) is 0. The van der Waals surface area contributed by atoms with Gasteiger partial charge in [-0.2, -0.15) is 0 Å². The summed E-state index contributed by atoms with van der Waals surface area (Å²) in [6, 6.07) is 15.1. The van der Waals surface area contributed by atoms with E-state index in [4.69, 9.17) is 11.5 Å². The number of nitrogens with two attached hydrogens (primary N) is 2. The highest BCUT2D eigenvalue weighted by Gasteiger charge is 2.18. The van der Waals surface area contributed by atoms with Crippen molar-refractivity contribution in [2.45, 2.75) is 117 Å². The minimum Gasteiger partial charge on any atom is -0.399 e. The monoisotopic (exact) mass is 550 g/mol. The summed E-state index contributed by atoms with van der Waals surface area (Å²) >= 11 is 0. The van der Waals surface area contributed by atoms with Crippen LogP contribution in [0.15, 0.2) is 48.5 Å². The van der Waals surface area contributed by atoms with Crippen molar-refractivity contribution in [2.24, 2.45) is 0 Å². The first-order valence-corrected chi connectivity index (χ1v) is 15.8. The number of anilines is 4. The third-order valence-electron chi connectivity index (χ3n) is 7.51. The molecule has 2 rings (SSSR count). The second-order valence-corrected chi connectivity index (χ2v) is 11.0. The van der Waals surface area contributed by atoms with Crippen LogP contribution in [-0.2, 0) is 9.59 Å². The number of nitrogen functional groups attached to an aromatic ring is 2. The molecule has 6 heteroatoms. The van der Waals surface area contributed by atoms with Gasteiger partial charge in [0.15, 0.2) is 0 Å². The second-order valence-electron chi connectivity index (χ2n) is 11.0. The molecule has 222 valence electrons. The van der Waals surface area contributed by atoms with E-state index in [-0.39, 0.29) is 11.8 Å². The van der Waals surface area contributed by atoms with E-state index < -0.39 is 0 Å². The number of nitrogens with zero attached hydrogens (tertiary/aromatic N) is 2. The van der Waals surface area contributed by atoms with Crippen LogP contribution in [0.2, 0.25) is 0 Å². The van der Waals surface area contributed by atoms with E-state index in [0.717, 1.165) is 50.1 Å². The molecule has 2 aromatic rings. The van der Waals surface area contributed by atoms with Crippen molar-refractivity contribution in [3.05, 3.63) is 48.5 Å². The van der Waals surface area contributed by atoms with E-state index in [1.807, 2.05) is 58.3 Å². The third-order valence-corrected chi connectivity index (χ3v) is 7.51. The van der Waals surface area contributed by atoms with Gasteiger partial charge in [0.2, 0.25) is 11.8 Å². The zero-order chi connectivity index (χ0) is 29.0. The average Bonchev–Trinajstić information content (AvgIpc) is 2.96. The molecule has 2 amide bonds. The van der Waals surface area contributed by atoms with Crippen LogP contribution in [0.4, 0.5) is 22.7 Å². The van der Waals surface area contributed by atoms with Crippen LogP contribution in [0.25, 0.3) is 0 Å². The van der Waals surface area contributed by atoms with E-state index in [1.165, 1.54) is 51.4 Å². The van der Waals surface area contributed by atoms with Crippen LogP contribution in [0.5, 0.6) is 0 Å². The van der Waals surface area contributed by atoms with Crippen molar-refractivity contribution in [2.75, 3.05) is 34.4 Å². The van der Waals surface area contributed by atoms with Gasteiger partial charge in [-0.25, -0.2) is 0 Å². The lowest BCUT2D eigenvalue weighted by molar-refractivity contribution is -0.120. The van der Waals surface area contributed by atoms with Crippen molar-refractivity contribution >= 4 is 34.6 Å². The maximum atomic E-state index is 13.3. The Kier molecular flexibility index (Phi) is 16.5. The molecule has 6 nitrogen and oxygen atoms in total. The molecule has 0 fully saturated rings. The highest BCUT2D eigenvalue weighted by Crippen LogP contribution is 2.22. The van der Waals surface area contributed by atoms with Gasteiger partial charge < -0.3 is 21.3 Å². The largest absolute Gasteiger partial charge is 0.399 e. The summed E-state index contributed by atoms with van der Waals surface area (Å²) in [6.07, 6.45) is 16.5. The second kappa shape index (κ2) is 19.9. The number of rotatable bonds is 21. The van der Waals surface area contributed by atoms with Crippen molar-refractivity contribution in [3.8, 4) is 0 Å². The fraction of sp³-hybridized carbons (Fsp3) is 0.588. The van der Waals surface area contributed by atoms with Crippen LogP contribution >= 0.6 is 0 Å². The molecule has 0 saturated carbocycles. The van der Waals surface area contributed by atoms with E-state index in [2.05, 4.69) is 13.8 Å².